The third-order valence-corrected chi connectivity index (χ3v) is 7.31. The van der Waals surface area contributed by atoms with Crippen molar-refractivity contribution in [2.24, 2.45) is 5.92 Å². The van der Waals surface area contributed by atoms with Gasteiger partial charge in [-0.25, -0.2) is 13.6 Å². The standard InChI is InChI=1S/C20H27F2N3O4S/c1-11-14(8-23-9-15(28-2)29-3)30-18-16(11)17(26)25(13-4-5-13)19(27)24(18)10-12-6-20(21,22)7-12/h12-13,15,23H,4-10H2,1-3H3. The van der Waals surface area contributed by atoms with Crippen molar-refractivity contribution in [2.45, 2.75) is 64.0 Å². The maximum atomic E-state index is 13.3. The van der Waals surface area contributed by atoms with Crippen LogP contribution in [0.3, 0.4) is 0 Å². The number of halogens is 2. The van der Waals surface area contributed by atoms with Crippen molar-refractivity contribution in [3.63, 3.8) is 0 Å². The highest BCUT2D eigenvalue weighted by molar-refractivity contribution is 7.18. The molecule has 30 heavy (non-hydrogen) atoms. The Morgan fingerprint density at radius 3 is 2.47 bits per heavy atom. The highest BCUT2D eigenvalue weighted by atomic mass is 32.1. The van der Waals surface area contributed by atoms with Gasteiger partial charge in [0.05, 0.1) is 5.39 Å². The molecule has 0 saturated heterocycles. The Morgan fingerprint density at radius 1 is 1.23 bits per heavy atom. The van der Waals surface area contributed by atoms with Crippen LogP contribution in [0.4, 0.5) is 8.78 Å². The highest BCUT2D eigenvalue weighted by Gasteiger charge is 2.45. The maximum absolute atomic E-state index is 13.3. The van der Waals surface area contributed by atoms with Gasteiger partial charge in [0.15, 0.2) is 6.29 Å². The van der Waals surface area contributed by atoms with Gasteiger partial charge in [-0.3, -0.25) is 13.9 Å². The molecule has 2 aliphatic rings. The molecule has 0 spiro atoms. The van der Waals surface area contributed by atoms with Crippen molar-refractivity contribution < 1.29 is 18.3 Å². The lowest BCUT2D eigenvalue weighted by Crippen LogP contribution is -2.44. The second-order valence-corrected chi connectivity index (χ2v) is 9.38. The summed E-state index contributed by atoms with van der Waals surface area (Å²) < 4.78 is 39.9. The minimum Gasteiger partial charge on any atom is -0.355 e. The summed E-state index contributed by atoms with van der Waals surface area (Å²) in [6.07, 6.45) is 0.796. The van der Waals surface area contributed by atoms with E-state index in [-0.39, 0.29) is 48.9 Å². The van der Waals surface area contributed by atoms with Gasteiger partial charge < -0.3 is 14.8 Å². The first kappa shape index (κ1) is 21.6. The van der Waals surface area contributed by atoms with Gasteiger partial charge in [-0.15, -0.1) is 11.3 Å². The Balaban J connectivity index is 1.70. The van der Waals surface area contributed by atoms with Crippen LogP contribution in [0, 0.1) is 12.8 Å². The van der Waals surface area contributed by atoms with E-state index in [0.717, 1.165) is 23.3 Å². The van der Waals surface area contributed by atoms with E-state index < -0.39 is 5.92 Å². The number of hydrogen-bond acceptors (Lipinski definition) is 6. The van der Waals surface area contributed by atoms with Gasteiger partial charge in [-0.05, 0) is 31.2 Å². The number of methoxy groups -OCH3 is 2. The van der Waals surface area contributed by atoms with Gasteiger partial charge in [0.25, 0.3) is 5.56 Å². The molecule has 2 aromatic rings. The number of thiophene rings is 1. The Labute approximate surface area is 176 Å². The van der Waals surface area contributed by atoms with Crippen LogP contribution in [0.25, 0.3) is 10.2 Å². The third-order valence-electron chi connectivity index (χ3n) is 5.99. The van der Waals surface area contributed by atoms with Crippen LogP contribution in [0.15, 0.2) is 9.59 Å². The number of nitrogens with zero attached hydrogens (tertiary/aromatic N) is 2. The first-order valence-electron chi connectivity index (χ1n) is 10.2. The molecule has 0 unspecified atom stereocenters. The maximum Gasteiger partial charge on any atom is 0.332 e. The van der Waals surface area contributed by atoms with E-state index in [1.807, 2.05) is 6.92 Å². The van der Waals surface area contributed by atoms with Gasteiger partial charge in [0.1, 0.15) is 4.83 Å². The van der Waals surface area contributed by atoms with E-state index in [1.54, 1.807) is 18.8 Å². The predicted octanol–water partition coefficient (Wildman–Crippen LogP) is 2.62. The van der Waals surface area contributed by atoms with Crippen LogP contribution < -0.4 is 16.6 Å². The largest absolute Gasteiger partial charge is 0.355 e. The van der Waals surface area contributed by atoms with Crippen molar-refractivity contribution in [2.75, 3.05) is 20.8 Å². The fourth-order valence-electron chi connectivity index (χ4n) is 4.13. The molecule has 7 nitrogen and oxygen atoms in total. The average molecular weight is 444 g/mol. The molecule has 2 fully saturated rings. The van der Waals surface area contributed by atoms with Crippen molar-refractivity contribution >= 4 is 21.6 Å². The molecule has 0 aromatic carbocycles. The summed E-state index contributed by atoms with van der Waals surface area (Å²) >= 11 is 1.38. The van der Waals surface area contributed by atoms with Crippen molar-refractivity contribution in [1.29, 1.82) is 0 Å². The average Bonchev–Trinajstić information content (AvgIpc) is 3.44. The number of ether oxygens (including phenoxy) is 2. The van der Waals surface area contributed by atoms with E-state index in [1.165, 1.54) is 15.9 Å². The number of nitrogens with one attached hydrogen (secondary N) is 1. The van der Waals surface area contributed by atoms with Crippen LogP contribution in [0.1, 0.15) is 42.2 Å². The number of aromatic nitrogens is 2. The molecule has 2 aromatic heterocycles. The van der Waals surface area contributed by atoms with Crippen molar-refractivity contribution in [3.05, 3.63) is 31.3 Å². The Hall–Kier alpha value is -1.62. The van der Waals surface area contributed by atoms with E-state index in [0.29, 0.717) is 23.3 Å². The molecule has 2 saturated carbocycles. The van der Waals surface area contributed by atoms with Gasteiger partial charge >= 0.3 is 5.69 Å². The summed E-state index contributed by atoms with van der Waals surface area (Å²) in [6.45, 7) is 3.06. The Bertz CT molecular complexity index is 1040. The van der Waals surface area contributed by atoms with Crippen LogP contribution in [-0.4, -0.2) is 42.1 Å². The second kappa shape index (κ2) is 8.14. The van der Waals surface area contributed by atoms with Gasteiger partial charge in [-0.1, -0.05) is 0 Å². The predicted molar refractivity (Wildman–Crippen MR) is 111 cm³/mol. The van der Waals surface area contributed by atoms with Crippen LogP contribution >= 0.6 is 11.3 Å². The Morgan fingerprint density at radius 2 is 1.90 bits per heavy atom. The fourth-order valence-corrected chi connectivity index (χ4v) is 5.40. The number of hydrogen-bond donors (Lipinski definition) is 1. The first-order chi connectivity index (χ1) is 14.3. The second-order valence-electron chi connectivity index (χ2n) is 8.29. The minimum absolute atomic E-state index is 0.0754. The molecule has 166 valence electrons. The summed E-state index contributed by atoms with van der Waals surface area (Å²) in [5.41, 5.74) is 0.199. The summed E-state index contributed by atoms with van der Waals surface area (Å²) in [6, 6.07) is -0.0754. The molecule has 0 bridgehead atoms. The minimum atomic E-state index is -2.64. The van der Waals surface area contributed by atoms with E-state index in [9.17, 15) is 18.4 Å². The van der Waals surface area contributed by atoms with Gasteiger partial charge in [0.2, 0.25) is 5.92 Å². The van der Waals surface area contributed by atoms with Crippen molar-refractivity contribution in [3.8, 4) is 0 Å². The van der Waals surface area contributed by atoms with Crippen LogP contribution in [0.2, 0.25) is 0 Å². The molecule has 0 atom stereocenters. The summed E-state index contributed by atoms with van der Waals surface area (Å²) in [7, 11) is 3.12. The van der Waals surface area contributed by atoms with Gasteiger partial charge in [-0.2, -0.15) is 0 Å². The molecular weight excluding hydrogens is 416 g/mol. The lowest BCUT2D eigenvalue weighted by molar-refractivity contribution is -0.114. The summed E-state index contributed by atoms with van der Waals surface area (Å²) in [5, 5.41) is 3.78. The van der Waals surface area contributed by atoms with Crippen LogP contribution in [0.5, 0.6) is 0 Å². The van der Waals surface area contributed by atoms with E-state index in [2.05, 4.69) is 5.32 Å². The molecule has 2 aliphatic carbocycles. The fraction of sp³-hybridized carbons (Fsp3) is 0.700. The normalized spacial score (nSPS) is 19.0. The third kappa shape index (κ3) is 3.98. The zero-order valence-corrected chi connectivity index (χ0v) is 18.2. The van der Waals surface area contributed by atoms with Gasteiger partial charge in [0, 0.05) is 57.6 Å². The molecule has 0 aliphatic heterocycles. The number of aryl methyl sites for hydroxylation is 1. The van der Waals surface area contributed by atoms with E-state index >= 15 is 0 Å². The molecule has 4 rings (SSSR count). The van der Waals surface area contributed by atoms with Crippen molar-refractivity contribution in [1.82, 2.24) is 14.5 Å². The number of rotatable bonds is 9. The molecular formula is C20H27F2N3O4S. The smallest absolute Gasteiger partial charge is 0.332 e. The molecule has 0 radical (unpaired) electrons. The molecule has 1 N–H and O–H groups in total. The summed E-state index contributed by atoms with van der Waals surface area (Å²) in [4.78, 5) is 27.8. The number of fused-ring (bicyclic) bond motifs is 1. The molecule has 10 heteroatoms. The zero-order chi connectivity index (χ0) is 21.6. The zero-order valence-electron chi connectivity index (χ0n) is 17.4. The molecule has 0 amide bonds. The van der Waals surface area contributed by atoms with Crippen LogP contribution in [-0.2, 0) is 22.6 Å². The quantitative estimate of drug-likeness (QED) is 0.603. The molecule has 2 heterocycles. The summed E-state index contributed by atoms with van der Waals surface area (Å²) in [5.74, 6) is -2.89. The Kier molecular flexibility index (Phi) is 5.86. The highest BCUT2D eigenvalue weighted by Crippen LogP contribution is 2.43. The number of alkyl halides is 2. The lowest BCUT2D eigenvalue weighted by Gasteiger charge is -2.35. The SMILES string of the molecule is COC(CNCc1sc2c(c1C)c(=O)n(C1CC1)c(=O)n2CC1CC(F)(F)C1)OC. The monoisotopic (exact) mass is 443 g/mol. The topological polar surface area (TPSA) is 74.5 Å². The lowest BCUT2D eigenvalue weighted by atomic mass is 9.81. The van der Waals surface area contributed by atoms with E-state index in [4.69, 9.17) is 9.47 Å². The first-order valence-corrected chi connectivity index (χ1v) is 11.0.